The normalized spacial score (nSPS) is 9.56. The summed E-state index contributed by atoms with van der Waals surface area (Å²) in [5, 5.41) is 9.16. The van der Waals surface area contributed by atoms with E-state index in [4.69, 9.17) is 21.6 Å². The van der Waals surface area contributed by atoms with E-state index in [0.717, 1.165) is 0 Å². The van der Waals surface area contributed by atoms with Crippen molar-refractivity contribution in [2.75, 3.05) is 0 Å². The quantitative estimate of drug-likeness (QED) is 0.786. The van der Waals surface area contributed by atoms with Crippen molar-refractivity contribution in [3.63, 3.8) is 0 Å². The second kappa shape index (κ2) is 5.35. The molecule has 0 heterocycles. The fourth-order valence-corrected chi connectivity index (χ4v) is 1.61. The van der Waals surface area contributed by atoms with E-state index >= 15 is 0 Å². The van der Waals surface area contributed by atoms with Gasteiger partial charge in [0.25, 0.3) is 0 Å². The molecule has 0 aliphatic rings. The van der Waals surface area contributed by atoms with Crippen LogP contribution in [0.1, 0.15) is 15.9 Å². The summed E-state index contributed by atoms with van der Waals surface area (Å²) in [4.78, 5) is 10.9. The minimum Gasteiger partial charge on any atom is -0.457 e. The molecule has 2 aromatic rings. The van der Waals surface area contributed by atoms with Gasteiger partial charge in [-0.3, -0.25) is 4.79 Å². The number of aldehydes is 1. The van der Waals surface area contributed by atoms with Crippen LogP contribution >= 0.6 is 11.6 Å². The molecule has 2 aromatic carbocycles. The fraction of sp³-hybridized carbons (Fsp3) is 0. The number of halogens is 1. The Hall–Kier alpha value is -2.31. The summed E-state index contributed by atoms with van der Waals surface area (Å²) in [7, 11) is 0. The molecule has 0 saturated carbocycles. The first kappa shape index (κ1) is 12.2. The van der Waals surface area contributed by atoms with Gasteiger partial charge >= 0.3 is 0 Å². The van der Waals surface area contributed by atoms with Crippen LogP contribution in [0.25, 0.3) is 0 Å². The molecule has 0 atom stereocenters. The molecule has 0 bridgehead atoms. The summed E-state index contributed by atoms with van der Waals surface area (Å²) in [6.45, 7) is 0. The van der Waals surface area contributed by atoms with Gasteiger partial charge in [-0.05, 0) is 42.5 Å². The van der Waals surface area contributed by atoms with Crippen molar-refractivity contribution in [1.29, 1.82) is 5.26 Å². The van der Waals surface area contributed by atoms with E-state index in [1.54, 1.807) is 36.4 Å². The summed E-state index contributed by atoms with van der Waals surface area (Å²) >= 11 is 5.79. The Morgan fingerprint density at radius 1 is 1.17 bits per heavy atom. The van der Waals surface area contributed by atoms with E-state index < -0.39 is 0 Å². The highest BCUT2D eigenvalue weighted by molar-refractivity contribution is 6.30. The van der Waals surface area contributed by atoms with Crippen LogP contribution in [-0.4, -0.2) is 6.29 Å². The van der Waals surface area contributed by atoms with Crippen LogP contribution in [0.3, 0.4) is 0 Å². The SMILES string of the molecule is N#Cc1ccc(Oc2ccc(Cl)cc2C=O)cc1. The molecule has 0 N–H and O–H groups in total. The van der Waals surface area contributed by atoms with Crippen LogP contribution in [-0.2, 0) is 0 Å². The van der Waals surface area contributed by atoms with Crippen molar-refractivity contribution in [3.05, 3.63) is 58.6 Å². The lowest BCUT2D eigenvalue weighted by molar-refractivity contribution is 0.112. The van der Waals surface area contributed by atoms with Gasteiger partial charge in [0.15, 0.2) is 6.29 Å². The maximum atomic E-state index is 10.9. The zero-order chi connectivity index (χ0) is 13.0. The van der Waals surface area contributed by atoms with Gasteiger partial charge in [-0.2, -0.15) is 5.26 Å². The van der Waals surface area contributed by atoms with Gasteiger partial charge in [-0.1, -0.05) is 11.6 Å². The van der Waals surface area contributed by atoms with Gasteiger partial charge in [-0.25, -0.2) is 0 Å². The number of nitrogens with zero attached hydrogens (tertiary/aromatic N) is 1. The van der Waals surface area contributed by atoms with Crippen LogP contribution in [0.2, 0.25) is 5.02 Å². The highest BCUT2D eigenvalue weighted by Crippen LogP contribution is 2.26. The average molecular weight is 258 g/mol. The van der Waals surface area contributed by atoms with E-state index in [9.17, 15) is 4.79 Å². The van der Waals surface area contributed by atoms with Gasteiger partial charge in [0.1, 0.15) is 11.5 Å². The van der Waals surface area contributed by atoms with Gasteiger partial charge in [0, 0.05) is 5.02 Å². The van der Waals surface area contributed by atoms with Crippen molar-refractivity contribution in [3.8, 4) is 17.6 Å². The van der Waals surface area contributed by atoms with Crippen molar-refractivity contribution in [2.24, 2.45) is 0 Å². The summed E-state index contributed by atoms with van der Waals surface area (Å²) in [5.41, 5.74) is 0.931. The Kier molecular flexibility index (Phi) is 3.61. The molecule has 18 heavy (non-hydrogen) atoms. The Labute approximate surface area is 109 Å². The van der Waals surface area contributed by atoms with Crippen LogP contribution in [0.15, 0.2) is 42.5 Å². The van der Waals surface area contributed by atoms with Crippen molar-refractivity contribution < 1.29 is 9.53 Å². The Morgan fingerprint density at radius 3 is 2.50 bits per heavy atom. The minimum atomic E-state index is 0.381. The van der Waals surface area contributed by atoms with E-state index in [0.29, 0.717) is 33.9 Å². The second-order valence-corrected chi connectivity index (χ2v) is 3.97. The van der Waals surface area contributed by atoms with E-state index in [1.165, 1.54) is 6.07 Å². The molecule has 0 amide bonds. The van der Waals surface area contributed by atoms with Crippen molar-refractivity contribution >= 4 is 17.9 Å². The van der Waals surface area contributed by atoms with Gasteiger partial charge in [0.2, 0.25) is 0 Å². The maximum Gasteiger partial charge on any atom is 0.153 e. The molecule has 0 spiro atoms. The first-order valence-electron chi connectivity index (χ1n) is 5.15. The number of carbonyl (C=O) groups is 1. The van der Waals surface area contributed by atoms with Gasteiger partial charge in [0.05, 0.1) is 17.2 Å². The molecule has 88 valence electrons. The molecule has 3 nitrogen and oxygen atoms in total. The number of rotatable bonds is 3. The standard InChI is InChI=1S/C14H8ClNO2/c15-12-3-6-14(11(7-12)9-17)18-13-4-1-10(8-16)2-5-13/h1-7,9H. The van der Waals surface area contributed by atoms with Crippen LogP contribution in [0, 0.1) is 11.3 Å². The molecular weight excluding hydrogens is 250 g/mol. The maximum absolute atomic E-state index is 10.9. The Bertz CT molecular complexity index is 615. The lowest BCUT2D eigenvalue weighted by Crippen LogP contribution is -1.90. The predicted molar refractivity (Wildman–Crippen MR) is 68.1 cm³/mol. The molecule has 4 heteroatoms. The third-order valence-electron chi connectivity index (χ3n) is 2.31. The van der Waals surface area contributed by atoms with E-state index in [1.807, 2.05) is 6.07 Å². The van der Waals surface area contributed by atoms with Crippen LogP contribution in [0.5, 0.6) is 11.5 Å². The Balaban J connectivity index is 2.28. The molecule has 0 unspecified atom stereocenters. The number of ether oxygens (including phenoxy) is 1. The average Bonchev–Trinajstić information content (AvgIpc) is 2.41. The number of hydrogen-bond donors (Lipinski definition) is 0. The van der Waals surface area contributed by atoms with Crippen LogP contribution < -0.4 is 4.74 Å². The lowest BCUT2D eigenvalue weighted by atomic mass is 10.2. The number of nitriles is 1. The minimum absolute atomic E-state index is 0.381. The molecule has 2 rings (SSSR count). The first-order chi connectivity index (χ1) is 8.72. The smallest absolute Gasteiger partial charge is 0.153 e. The topological polar surface area (TPSA) is 50.1 Å². The molecule has 0 saturated heterocycles. The summed E-state index contributed by atoms with van der Waals surface area (Å²) in [5.74, 6) is 0.985. The number of benzene rings is 2. The second-order valence-electron chi connectivity index (χ2n) is 3.54. The third-order valence-corrected chi connectivity index (χ3v) is 2.55. The van der Waals surface area contributed by atoms with Gasteiger partial charge < -0.3 is 4.74 Å². The van der Waals surface area contributed by atoms with Crippen molar-refractivity contribution in [1.82, 2.24) is 0 Å². The number of carbonyl (C=O) groups excluding carboxylic acids is 1. The molecule has 0 aliphatic carbocycles. The fourth-order valence-electron chi connectivity index (χ4n) is 1.43. The molecule has 0 aromatic heterocycles. The zero-order valence-electron chi connectivity index (χ0n) is 9.26. The summed E-state index contributed by atoms with van der Waals surface area (Å²) in [6, 6.07) is 13.5. The molecule has 0 aliphatic heterocycles. The van der Waals surface area contributed by atoms with Gasteiger partial charge in [-0.15, -0.1) is 0 Å². The van der Waals surface area contributed by atoms with Crippen LogP contribution in [0.4, 0.5) is 0 Å². The zero-order valence-corrected chi connectivity index (χ0v) is 10.0. The molecular formula is C14H8ClNO2. The van der Waals surface area contributed by atoms with E-state index in [2.05, 4.69) is 0 Å². The highest BCUT2D eigenvalue weighted by atomic mass is 35.5. The lowest BCUT2D eigenvalue weighted by Gasteiger charge is -2.08. The molecule has 0 radical (unpaired) electrons. The third kappa shape index (κ3) is 2.68. The molecule has 0 fully saturated rings. The summed E-state index contributed by atoms with van der Waals surface area (Å²) in [6.07, 6.45) is 0.685. The Morgan fingerprint density at radius 2 is 1.89 bits per heavy atom. The van der Waals surface area contributed by atoms with Crippen molar-refractivity contribution in [2.45, 2.75) is 0 Å². The summed E-state index contributed by atoms with van der Waals surface area (Å²) < 4.78 is 5.56. The monoisotopic (exact) mass is 257 g/mol. The highest BCUT2D eigenvalue weighted by Gasteiger charge is 2.05. The largest absolute Gasteiger partial charge is 0.457 e. The first-order valence-corrected chi connectivity index (χ1v) is 5.53. The predicted octanol–water partition coefficient (Wildman–Crippen LogP) is 3.82. The van der Waals surface area contributed by atoms with E-state index in [-0.39, 0.29) is 0 Å². The number of hydrogen-bond acceptors (Lipinski definition) is 3.